The molecule has 8 nitrogen and oxygen atoms in total. The average molecular weight is 540 g/mol. The molecular weight excluding hydrogens is 522 g/mol. The van der Waals surface area contributed by atoms with Gasteiger partial charge in [-0.05, 0) is 60.7 Å². The summed E-state index contributed by atoms with van der Waals surface area (Å²) in [5.41, 5.74) is 1.44. The molecular formula is C25H18ClN3O5S2. The van der Waals surface area contributed by atoms with Crippen LogP contribution >= 0.6 is 22.9 Å². The first kappa shape index (κ1) is 25.2. The summed E-state index contributed by atoms with van der Waals surface area (Å²) in [5.74, 6) is 1.47. The van der Waals surface area contributed by atoms with Gasteiger partial charge in [0, 0.05) is 16.3 Å². The van der Waals surface area contributed by atoms with Crippen LogP contribution in [0.25, 0.3) is 10.2 Å². The van der Waals surface area contributed by atoms with E-state index in [0.717, 1.165) is 0 Å². The predicted molar refractivity (Wildman–Crippen MR) is 139 cm³/mol. The van der Waals surface area contributed by atoms with Gasteiger partial charge in [-0.3, -0.25) is 9.52 Å². The number of halogens is 1. The Bertz CT molecular complexity index is 1700. The van der Waals surface area contributed by atoms with Crippen molar-refractivity contribution in [1.29, 1.82) is 0 Å². The Kier molecular flexibility index (Phi) is 7.26. The van der Waals surface area contributed by atoms with Crippen LogP contribution in [0.15, 0.2) is 76.6 Å². The largest absolute Gasteiger partial charge is 0.465 e. The molecule has 0 bridgehead atoms. The second kappa shape index (κ2) is 10.4. The summed E-state index contributed by atoms with van der Waals surface area (Å²) in [4.78, 5) is 29.5. The van der Waals surface area contributed by atoms with Crippen molar-refractivity contribution in [2.24, 2.45) is 4.99 Å². The number of sulfonamides is 1. The van der Waals surface area contributed by atoms with Gasteiger partial charge < -0.3 is 9.30 Å². The Morgan fingerprint density at radius 1 is 1.11 bits per heavy atom. The summed E-state index contributed by atoms with van der Waals surface area (Å²) in [5, 5.41) is 0.410. The van der Waals surface area contributed by atoms with Gasteiger partial charge in [-0.2, -0.15) is 4.99 Å². The lowest BCUT2D eigenvalue weighted by Gasteiger charge is -2.09. The number of methoxy groups -OCH3 is 1. The second-order valence-corrected chi connectivity index (χ2v) is 10.5. The smallest absolute Gasteiger partial charge is 0.337 e. The molecule has 0 saturated carbocycles. The number of esters is 1. The topological polar surface area (TPSA) is 107 Å². The number of carbonyl (C=O) groups is 2. The molecule has 0 atom stereocenters. The fourth-order valence-corrected chi connectivity index (χ4v) is 5.58. The van der Waals surface area contributed by atoms with Crippen molar-refractivity contribution in [3.8, 4) is 12.3 Å². The fraction of sp³-hybridized carbons (Fsp3) is 0.0800. The quantitative estimate of drug-likeness (QED) is 0.290. The van der Waals surface area contributed by atoms with Crippen LogP contribution in [0.5, 0.6) is 0 Å². The lowest BCUT2D eigenvalue weighted by Crippen LogP contribution is -2.17. The third kappa shape index (κ3) is 5.33. The van der Waals surface area contributed by atoms with Crippen LogP contribution in [0, 0.1) is 12.3 Å². The van der Waals surface area contributed by atoms with E-state index in [2.05, 4.69) is 15.6 Å². The molecule has 0 unspecified atom stereocenters. The van der Waals surface area contributed by atoms with E-state index in [1.54, 1.807) is 28.8 Å². The molecule has 1 heterocycles. The average Bonchev–Trinajstić information content (AvgIpc) is 3.20. The van der Waals surface area contributed by atoms with Gasteiger partial charge in [0.15, 0.2) is 4.80 Å². The van der Waals surface area contributed by atoms with Gasteiger partial charge in [-0.15, -0.1) is 6.42 Å². The van der Waals surface area contributed by atoms with Crippen molar-refractivity contribution in [2.45, 2.75) is 11.4 Å². The van der Waals surface area contributed by atoms with Crippen molar-refractivity contribution in [2.75, 3.05) is 11.8 Å². The standard InChI is InChI=1S/C25H18ClN3O5S2/c1-3-13-29-21-12-7-17(24(31)34-2)15-22(21)35-25(29)27-23(30)16-5-4-6-19(14-16)28-36(32,33)20-10-8-18(26)9-11-20/h1,4-12,14-15,28H,13H2,2H3. The van der Waals surface area contributed by atoms with Gasteiger partial charge in [-0.25, -0.2) is 13.2 Å². The summed E-state index contributed by atoms with van der Waals surface area (Å²) in [6, 6.07) is 16.7. The number of anilines is 1. The number of terminal acetylenes is 1. The first-order valence-corrected chi connectivity index (χ1v) is 13.0. The molecule has 0 fully saturated rings. The second-order valence-electron chi connectivity index (χ2n) is 7.41. The number of nitrogens with zero attached hydrogens (tertiary/aromatic N) is 2. The molecule has 11 heteroatoms. The Morgan fingerprint density at radius 3 is 2.56 bits per heavy atom. The highest BCUT2D eigenvalue weighted by Gasteiger charge is 2.16. The van der Waals surface area contributed by atoms with Crippen molar-refractivity contribution in [3.05, 3.63) is 87.7 Å². The summed E-state index contributed by atoms with van der Waals surface area (Å²) in [6.07, 6.45) is 5.52. The molecule has 0 spiro atoms. The van der Waals surface area contributed by atoms with Crippen molar-refractivity contribution in [3.63, 3.8) is 0 Å². The highest BCUT2D eigenvalue weighted by Crippen LogP contribution is 2.21. The minimum atomic E-state index is -3.89. The number of amides is 1. The van der Waals surface area contributed by atoms with Gasteiger partial charge in [0.25, 0.3) is 15.9 Å². The predicted octanol–water partition coefficient (Wildman–Crippen LogP) is 4.32. The van der Waals surface area contributed by atoms with Gasteiger partial charge in [0.1, 0.15) is 0 Å². The Labute approximate surface area is 215 Å². The molecule has 182 valence electrons. The Morgan fingerprint density at radius 2 is 1.86 bits per heavy atom. The monoisotopic (exact) mass is 539 g/mol. The van der Waals surface area contributed by atoms with Crippen LogP contribution in [0.1, 0.15) is 20.7 Å². The summed E-state index contributed by atoms with van der Waals surface area (Å²) in [6.45, 7) is 0.157. The number of hydrogen-bond donors (Lipinski definition) is 1. The lowest BCUT2D eigenvalue weighted by atomic mass is 10.2. The summed E-state index contributed by atoms with van der Waals surface area (Å²) in [7, 11) is -2.59. The number of ether oxygens (including phenoxy) is 1. The number of thiazole rings is 1. The lowest BCUT2D eigenvalue weighted by molar-refractivity contribution is 0.0600. The first-order chi connectivity index (χ1) is 17.2. The van der Waals surface area contributed by atoms with E-state index in [9.17, 15) is 18.0 Å². The maximum atomic E-state index is 13.0. The molecule has 36 heavy (non-hydrogen) atoms. The molecule has 0 aliphatic rings. The minimum absolute atomic E-state index is 0.0280. The van der Waals surface area contributed by atoms with Gasteiger partial charge >= 0.3 is 5.97 Å². The van der Waals surface area contributed by atoms with Crippen LogP contribution in [0.4, 0.5) is 5.69 Å². The molecule has 0 aliphatic carbocycles. The third-order valence-corrected chi connectivity index (χ3v) is 7.73. The van der Waals surface area contributed by atoms with E-state index in [-0.39, 0.29) is 22.7 Å². The maximum Gasteiger partial charge on any atom is 0.337 e. The number of aromatic nitrogens is 1. The van der Waals surface area contributed by atoms with Crippen LogP contribution in [-0.4, -0.2) is 32.0 Å². The normalized spacial score (nSPS) is 11.8. The van der Waals surface area contributed by atoms with E-state index < -0.39 is 21.9 Å². The fourth-order valence-electron chi connectivity index (χ4n) is 3.34. The van der Waals surface area contributed by atoms with Gasteiger partial charge in [0.05, 0.1) is 34.3 Å². The van der Waals surface area contributed by atoms with E-state index in [1.807, 2.05) is 0 Å². The molecule has 1 N–H and O–H groups in total. The van der Waals surface area contributed by atoms with Crippen molar-refractivity contribution < 1.29 is 22.7 Å². The Hall–Kier alpha value is -3.91. The first-order valence-electron chi connectivity index (χ1n) is 10.3. The number of fused-ring (bicyclic) bond motifs is 1. The highest BCUT2D eigenvalue weighted by molar-refractivity contribution is 7.92. The molecule has 4 aromatic rings. The van der Waals surface area contributed by atoms with Crippen LogP contribution in [-0.2, 0) is 21.3 Å². The van der Waals surface area contributed by atoms with E-state index >= 15 is 0 Å². The zero-order valence-corrected chi connectivity index (χ0v) is 21.2. The summed E-state index contributed by atoms with van der Waals surface area (Å²) < 4.78 is 35.0. The van der Waals surface area contributed by atoms with E-state index in [1.165, 1.54) is 60.9 Å². The number of hydrogen-bond acceptors (Lipinski definition) is 6. The number of benzene rings is 3. The molecule has 4 rings (SSSR count). The molecule has 1 amide bonds. The van der Waals surface area contributed by atoms with E-state index in [0.29, 0.717) is 25.6 Å². The van der Waals surface area contributed by atoms with Crippen LogP contribution in [0.3, 0.4) is 0 Å². The van der Waals surface area contributed by atoms with Crippen molar-refractivity contribution >= 4 is 60.7 Å². The Balaban J connectivity index is 1.68. The van der Waals surface area contributed by atoms with Gasteiger partial charge in [0.2, 0.25) is 0 Å². The molecule has 0 radical (unpaired) electrons. The zero-order valence-electron chi connectivity index (χ0n) is 18.8. The van der Waals surface area contributed by atoms with Crippen molar-refractivity contribution in [1.82, 2.24) is 4.57 Å². The summed E-state index contributed by atoms with van der Waals surface area (Å²) >= 11 is 7.02. The number of carbonyl (C=O) groups excluding carboxylic acids is 2. The zero-order chi connectivity index (χ0) is 25.9. The van der Waals surface area contributed by atoms with Gasteiger partial charge in [-0.1, -0.05) is 34.9 Å². The molecule has 0 aliphatic heterocycles. The number of nitrogens with one attached hydrogen (secondary N) is 1. The SMILES string of the molecule is C#CCn1c(=NC(=O)c2cccc(NS(=O)(=O)c3ccc(Cl)cc3)c2)sc2cc(C(=O)OC)ccc21. The van der Waals surface area contributed by atoms with Crippen LogP contribution < -0.4 is 9.52 Å². The third-order valence-electron chi connectivity index (χ3n) is 5.04. The molecule has 0 saturated heterocycles. The maximum absolute atomic E-state index is 13.0. The number of rotatable bonds is 6. The molecule has 1 aromatic heterocycles. The minimum Gasteiger partial charge on any atom is -0.465 e. The van der Waals surface area contributed by atoms with E-state index in [4.69, 9.17) is 22.8 Å². The highest BCUT2D eigenvalue weighted by atomic mass is 35.5. The molecule has 3 aromatic carbocycles. The van der Waals surface area contributed by atoms with Crippen LogP contribution in [0.2, 0.25) is 5.02 Å².